The van der Waals surface area contributed by atoms with Gasteiger partial charge in [0.05, 0.1) is 21.8 Å². The van der Waals surface area contributed by atoms with Crippen molar-refractivity contribution in [2.75, 3.05) is 19.8 Å². The van der Waals surface area contributed by atoms with Crippen molar-refractivity contribution < 1.29 is 17.9 Å². The monoisotopic (exact) mass is 486 g/mol. The third-order valence-corrected chi connectivity index (χ3v) is 8.64. The number of hydrogen-bond acceptors (Lipinski definition) is 5. The van der Waals surface area contributed by atoms with Gasteiger partial charge in [0.2, 0.25) is 5.91 Å². The van der Waals surface area contributed by atoms with Crippen LogP contribution in [0, 0.1) is 11.8 Å². The summed E-state index contributed by atoms with van der Waals surface area (Å²) in [6.45, 7) is 8.95. The Balaban J connectivity index is 1.42. The average molecular weight is 487 g/mol. The Morgan fingerprint density at radius 3 is 2.59 bits per heavy atom. The highest BCUT2D eigenvalue weighted by Crippen LogP contribution is 2.32. The molecule has 1 amide bonds. The van der Waals surface area contributed by atoms with E-state index in [1.807, 2.05) is 6.07 Å². The van der Waals surface area contributed by atoms with Gasteiger partial charge in [-0.25, -0.2) is 13.4 Å². The van der Waals surface area contributed by atoms with Crippen molar-refractivity contribution in [2.24, 2.45) is 11.8 Å². The number of carbonyl (C=O) groups excluding carboxylic acids is 1. The van der Waals surface area contributed by atoms with E-state index in [9.17, 15) is 13.2 Å². The number of imidazole rings is 1. The lowest BCUT2D eigenvalue weighted by Gasteiger charge is -2.26. The predicted molar refractivity (Wildman–Crippen MR) is 130 cm³/mol. The summed E-state index contributed by atoms with van der Waals surface area (Å²) in [6.07, 6.45) is 7.23. The molecule has 0 radical (unpaired) electrons. The van der Waals surface area contributed by atoms with Crippen LogP contribution in [0.5, 0.6) is 0 Å². The van der Waals surface area contributed by atoms with Gasteiger partial charge in [-0.15, -0.1) is 0 Å². The van der Waals surface area contributed by atoms with Crippen molar-refractivity contribution in [2.45, 2.75) is 69.4 Å². The van der Waals surface area contributed by atoms with Gasteiger partial charge in [0.15, 0.2) is 0 Å². The maximum Gasteiger partial charge on any atom is 0.263 e. The molecule has 34 heavy (non-hydrogen) atoms. The number of hydrogen-bond donors (Lipinski definition) is 1. The fraction of sp³-hybridized carbons (Fsp3) is 0.600. The lowest BCUT2D eigenvalue weighted by atomic mass is 9.94. The van der Waals surface area contributed by atoms with E-state index in [1.54, 1.807) is 18.2 Å². The molecular formula is C25H34N4O4S. The molecular weight excluding hydrogens is 452 g/mol. The third kappa shape index (κ3) is 4.60. The van der Waals surface area contributed by atoms with Gasteiger partial charge in [0.1, 0.15) is 5.82 Å². The molecule has 0 spiro atoms. The van der Waals surface area contributed by atoms with Gasteiger partial charge in [-0.05, 0) is 49.8 Å². The fourth-order valence-corrected chi connectivity index (χ4v) is 6.11. The summed E-state index contributed by atoms with van der Waals surface area (Å²) in [5, 5.41) is 2.96. The first-order valence-corrected chi connectivity index (χ1v) is 13.7. The maximum atomic E-state index is 13.4. The molecule has 2 aliphatic heterocycles. The predicted octanol–water partition coefficient (Wildman–Crippen LogP) is 3.17. The fourth-order valence-electron chi connectivity index (χ4n) is 4.75. The number of nitrogens with zero attached hydrogens (tertiary/aromatic N) is 3. The van der Waals surface area contributed by atoms with Crippen molar-refractivity contribution in [3.8, 4) is 0 Å². The first-order valence-electron chi connectivity index (χ1n) is 12.2. The van der Waals surface area contributed by atoms with Crippen LogP contribution in [0.25, 0.3) is 11.0 Å². The molecule has 184 valence electrons. The number of carbonyl (C=O) groups is 1. The minimum Gasteiger partial charge on any atom is -0.381 e. The van der Waals surface area contributed by atoms with E-state index in [1.165, 1.54) is 10.5 Å². The topological polar surface area (TPSA) is 93.5 Å². The molecule has 1 N–H and O–H groups in total. The second-order valence-electron chi connectivity index (χ2n) is 10.8. The van der Waals surface area contributed by atoms with E-state index in [0.29, 0.717) is 11.4 Å². The number of sulfonamides is 1. The number of fused-ring (bicyclic) bond motifs is 1. The summed E-state index contributed by atoms with van der Waals surface area (Å²) in [4.78, 5) is 17.5. The van der Waals surface area contributed by atoms with E-state index in [2.05, 4.69) is 30.7 Å². The second kappa shape index (κ2) is 8.68. The highest BCUT2D eigenvalue weighted by molar-refractivity contribution is 7.89. The molecule has 2 fully saturated rings. The van der Waals surface area contributed by atoms with Crippen molar-refractivity contribution >= 4 is 27.0 Å². The minimum atomic E-state index is -3.77. The van der Waals surface area contributed by atoms with Gasteiger partial charge in [0.25, 0.3) is 10.0 Å². The molecule has 8 nitrogen and oxygen atoms in total. The van der Waals surface area contributed by atoms with E-state index in [-0.39, 0.29) is 28.8 Å². The first kappa shape index (κ1) is 23.4. The molecule has 2 aromatic rings. The van der Waals surface area contributed by atoms with Crippen molar-refractivity contribution in [1.82, 2.24) is 19.2 Å². The van der Waals surface area contributed by atoms with Gasteiger partial charge in [-0.1, -0.05) is 26.8 Å². The highest BCUT2D eigenvalue weighted by Gasteiger charge is 2.34. The largest absolute Gasteiger partial charge is 0.381 e. The zero-order valence-corrected chi connectivity index (χ0v) is 21.0. The summed E-state index contributed by atoms with van der Waals surface area (Å²) >= 11 is 0. The number of aromatic nitrogens is 2. The number of nitrogens with one attached hydrogen (secondary N) is 1. The van der Waals surface area contributed by atoms with E-state index >= 15 is 0 Å². The van der Waals surface area contributed by atoms with Crippen LogP contribution in [0.4, 0.5) is 0 Å². The molecule has 5 rings (SSSR count). The molecule has 1 unspecified atom stereocenters. The summed E-state index contributed by atoms with van der Waals surface area (Å²) < 4.78 is 35.8. The van der Waals surface area contributed by atoms with Crippen molar-refractivity contribution in [1.29, 1.82) is 0 Å². The van der Waals surface area contributed by atoms with Crippen LogP contribution < -0.4 is 5.32 Å². The van der Waals surface area contributed by atoms with Crippen LogP contribution in [-0.4, -0.2) is 54.0 Å². The molecule has 0 bridgehead atoms. The maximum absolute atomic E-state index is 13.4. The highest BCUT2D eigenvalue weighted by atomic mass is 32.2. The Morgan fingerprint density at radius 1 is 1.18 bits per heavy atom. The van der Waals surface area contributed by atoms with Gasteiger partial charge in [0, 0.05) is 44.0 Å². The summed E-state index contributed by atoms with van der Waals surface area (Å²) in [5.41, 5.74) is 1.46. The molecule has 3 heterocycles. The Labute approximate surface area is 201 Å². The molecule has 1 aliphatic carbocycles. The van der Waals surface area contributed by atoms with Crippen LogP contribution in [0.3, 0.4) is 0 Å². The summed E-state index contributed by atoms with van der Waals surface area (Å²) in [7, 11) is -3.77. The average Bonchev–Trinajstić information content (AvgIpc) is 3.32. The lowest BCUT2D eigenvalue weighted by molar-refractivity contribution is -0.123. The van der Waals surface area contributed by atoms with Crippen LogP contribution in [0.1, 0.15) is 52.3 Å². The normalized spacial score (nSPS) is 22.0. The number of ether oxygens (including phenoxy) is 1. The van der Waals surface area contributed by atoms with Crippen molar-refractivity contribution in [3.05, 3.63) is 36.3 Å². The van der Waals surface area contributed by atoms with E-state index in [0.717, 1.165) is 56.8 Å². The van der Waals surface area contributed by atoms with E-state index < -0.39 is 15.9 Å². The van der Waals surface area contributed by atoms with Crippen LogP contribution in [0.15, 0.2) is 35.4 Å². The third-order valence-electron chi connectivity index (χ3n) is 6.90. The molecule has 1 aromatic heterocycles. The lowest BCUT2D eigenvalue weighted by Crippen LogP contribution is -2.35. The Hall–Kier alpha value is -2.39. The van der Waals surface area contributed by atoms with Crippen LogP contribution in [0.2, 0.25) is 0 Å². The second-order valence-corrected chi connectivity index (χ2v) is 12.7. The molecule has 1 atom stereocenters. The smallest absolute Gasteiger partial charge is 0.263 e. The molecule has 9 heteroatoms. The number of rotatable bonds is 6. The standard InChI is InChI=1S/C25H34N4O4S/c1-25(2,3)24-27-21-14-20(6-7-22(21)29(24)15-17-9-12-33-13-10-17)34(31,32)28-11-8-18(16-28)23(30)26-19-4-5-19/h6-8,11,14,17-19H,4-5,9-10,12-13,15-16H2,1-3H3,(H,26,30). The Kier molecular flexibility index (Phi) is 5.96. The molecule has 3 aliphatic rings. The van der Waals surface area contributed by atoms with Crippen LogP contribution >= 0.6 is 0 Å². The zero-order chi connectivity index (χ0) is 24.1. The zero-order valence-electron chi connectivity index (χ0n) is 20.2. The quantitative estimate of drug-likeness (QED) is 0.677. The van der Waals surface area contributed by atoms with Gasteiger partial charge >= 0.3 is 0 Å². The van der Waals surface area contributed by atoms with Gasteiger partial charge in [-0.2, -0.15) is 0 Å². The Morgan fingerprint density at radius 2 is 1.91 bits per heavy atom. The SMILES string of the molecule is CC(C)(C)c1nc2cc(S(=O)(=O)N3C=CC(C(=O)NC4CC4)C3)ccc2n1CC1CCOCC1. The summed E-state index contributed by atoms with van der Waals surface area (Å²) in [6, 6.07) is 5.46. The van der Waals surface area contributed by atoms with Gasteiger partial charge < -0.3 is 14.6 Å². The number of amides is 1. The van der Waals surface area contributed by atoms with Crippen LogP contribution in [-0.2, 0) is 31.5 Å². The Bertz CT molecular complexity index is 1220. The van der Waals surface area contributed by atoms with Gasteiger partial charge in [-0.3, -0.25) is 9.10 Å². The minimum absolute atomic E-state index is 0.103. The number of benzene rings is 1. The van der Waals surface area contributed by atoms with E-state index in [4.69, 9.17) is 9.72 Å². The van der Waals surface area contributed by atoms with Crippen molar-refractivity contribution in [3.63, 3.8) is 0 Å². The molecule has 1 aromatic carbocycles. The molecule has 1 saturated carbocycles. The molecule has 1 saturated heterocycles. The first-order chi connectivity index (χ1) is 16.1. The summed E-state index contributed by atoms with van der Waals surface area (Å²) in [5.74, 6) is 0.921.